The van der Waals surface area contributed by atoms with E-state index in [0.717, 1.165) is 24.6 Å². The van der Waals surface area contributed by atoms with Gasteiger partial charge < -0.3 is 15.0 Å². The molecular weight excluding hydrogens is 379 g/mol. The molecule has 2 aromatic rings. The van der Waals surface area contributed by atoms with E-state index in [0.29, 0.717) is 11.6 Å². The van der Waals surface area contributed by atoms with Gasteiger partial charge in [-0.15, -0.1) is 12.8 Å². The molecule has 3 rings (SSSR count). The van der Waals surface area contributed by atoms with Gasteiger partial charge in [-0.25, -0.2) is 0 Å². The lowest BCUT2D eigenvalue weighted by molar-refractivity contribution is -0.137. The van der Waals surface area contributed by atoms with Gasteiger partial charge in [0.25, 0.3) is 0 Å². The van der Waals surface area contributed by atoms with Crippen LogP contribution in [0.2, 0.25) is 0 Å². The van der Waals surface area contributed by atoms with Crippen molar-refractivity contribution in [3.8, 4) is 12.8 Å². The number of benzene rings is 2. The summed E-state index contributed by atoms with van der Waals surface area (Å²) >= 11 is 0. The van der Waals surface area contributed by atoms with Gasteiger partial charge in [0.2, 0.25) is 0 Å². The molecule has 1 saturated heterocycles. The van der Waals surface area contributed by atoms with E-state index in [4.69, 9.17) is 4.74 Å². The topological polar surface area (TPSA) is 36.9 Å². The minimum atomic E-state index is -4.27. The molecule has 1 aliphatic rings. The second-order valence-corrected chi connectivity index (χ2v) is 6.17. The molecule has 0 bridgehead atoms. The Morgan fingerprint density at radius 2 is 1.79 bits per heavy atom. The van der Waals surface area contributed by atoms with Gasteiger partial charge in [0.1, 0.15) is 0 Å². The van der Waals surface area contributed by atoms with Crippen LogP contribution in [-0.2, 0) is 17.5 Å². The fourth-order valence-corrected chi connectivity index (χ4v) is 2.79. The van der Waals surface area contributed by atoms with E-state index in [1.54, 1.807) is 6.07 Å². The minimum absolute atomic E-state index is 0.198. The standard InChI is InChI=1S/C11H15N3.C9H9F3O.C2H2/c1-12-11-13-10(8-14(11)2)9-6-4-3-5-7-9;1-13-6-7-3-2-4-8(5-7)9(10,11)12;1-2/h3-7,10H,8H2,1-2H3,(H,12,13);2-5H,6H2,1H3;1-2H/t10-;;/m0../s1. The van der Waals surface area contributed by atoms with Crippen LogP contribution in [0.5, 0.6) is 0 Å². The summed E-state index contributed by atoms with van der Waals surface area (Å²) < 4.78 is 41.2. The number of hydrogen-bond donors (Lipinski definition) is 1. The van der Waals surface area contributed by atoms with E-state index in [1.807, 2.05) is 13.1 Å². The maximum absolute atomic E-state index is 12.2. The van der Waals surface area contributed by atoms with Crippen LogP contribution in [0, 0.1) is 12.8 Å². The Bertz CT molecular complexity index is 789. The van der Waals surface area contributed by atoms with E-state index in [9.17, 15) is 13.2 Å². The summed E-state index contributed by atoms with van der Waals surface area (Å²) in [6, 6.07) is 15.9. The smallest absolute Gasteiger partial charge is 0.380 e. The average molecular weight is 405 g/mol. The predicted octanol–water partition coefficient (Wildman–Crippen LogP) is 4.35. The molecule has 0 spiro atoms. The highest BCUT2D eigenvalue weighted by atomic mass is 19.4. The van der Waals surface area contributed by atoms with Gasteiger partial charge in [-0.1, -0.05) is 42.5 Å². The highest BCUT2D eigenvalue weighted by molar-refractivity contribution is 5.82. The van der Waals surface area contributed by atoms with E-state index < -0.39 is 11.7 Å². The molecule has 156 valence electrons. The van der Waals surface area contributed by atoms with Crippen LogP contribution in [0.1, 0.15) is 22.7 Å². The number of nitrogens with one attached hydrogen (secondary N) is 1. The Balaban J connectivity index is 0.000000268. The van der Waals surface area contributed by atoms with Crippen molar-refractivity contribution in [3.63, 3.8) is 0 Å². The zero-order valence-corrected chi connectivity index (χ0v) is 16.8. The number of hydrogen-bond acceptors (Lipinski definition) is 2. The molecule has 0 saturated carbocycles. The number of nitrogens with zero attached hydrogens (tertiary/aromatic N) is 2. The second-order valence-electron chi connectivity index (χ2n) is 6.17. The van der Waals surface area contributed by atoms with Crippen molar-refractivity contribution in [1.82, 2.24) is 10.2 Å². The first-order chi connectivity index (χ1) is 13.8. The van der Waals surface area contributed by atoms with E-state index in [2.05, 4.69) is 59.4 Å². The molecule has 1 heterocycles. The molecule has 1 aliphatic heterocycles. The lowest BCUT2D eigenvalue weighted by atomic mass is 10.1. The maximum Gasteiger partial charge on any atom is 0.416 e. The number of halogens is 3. The van der Waals surface area contributed by atoms with Crippen molar-refractivity contribution in [1.29, 1.82) is 0 Å². The van der Waals surface area contributed by atoms with Crippen LogP contribution in [0.25, 0.3) is 0 Å². The third-order valence-corrected chi connectivity index (χ3v) is 4.10. The summed E-state index contributed by atoms with van der Waals surface area (Å²) in [7, 11) is 5.31. The second kappa shape index (κ2) is 11.8. The molecule has 0 unspecified atom stereocenters. The van der Waals surface area contributed by atoms with Crippen LogP contribution in [-0.4, -0.2) is 38.6 Å². The predicted molar refractivity (Wildman–Crippen MR) is 110 cm³/mol. The van der Waals surface area contributed by atoms with Gasteiger partial charge >= 0.3 is 6.18 Å². The highest BCUT2D eigenvalue weighted by Crippen LogP contribution is 2.29. The Hall–Kier alpha value is -2.98. The average Bonchev–Trinajstić information content (AvgIpc) is 3.11. The summed E-state index contributed by atoms with van der Waals surface area (Å²) in [4.78, 5) is 6.31. The molecule has 1 atom stereocenters. The first-order valence-corrected chi connectivity index (χ1v) is 8.83. The highest BCUT2D eigenvalue weighted by Gasteiger charge is 2.30. The monoisotopic (exact) mass is 405 g/mol. The van der Waals surface area contributed by atoms with Crippen molar-refractivity contribution >= 4 is 5.96 Å². The summed E-state index contributed by atoms with van der Waals surface area (Å²) in [6.45, 7) is 1.18. The number of likely N-dealkylation sites (N-methyl/N-ethyl adjacent to an activating group) is 1. The SMILES string of the molecule is C#C.CN=C1N[C@H](c2ccccc2)CN1C.COCc1cccc(C(F)(F)F)c1. The van der Waals surface area contributed by atoms with Gasteiger partial charge in [0, 0.05) is 27.7 Å². The lowest BCUT2D eigenvalue weighted by Gasteiger charge is -2.09. The third-order valence-electron chi connectivity index (χ3n) is 4.10. The number of alkyl halides is 3. The Kier molecular flexibility index (Phi) is 9.76. The lowest BCUT2D eigenvalue weighted by Crippen LogP contribution is -2.26. The summed E-state index contributed by atoms with van der Waals surface area (Å²) in [5.74, 6) is 0.971. The van der Waals surface area contributed by atoms with Crippen LogP contribution >= 0.6 is 0 Å². The van der Waals surface area contributed by atoms with Gasteiger partial charge in [-0.3, -0.25) is 4.99 Å². The number of ether oxygens (including phenoxy) is 1. The zero-order valence-electron chi connectivity index (χ0n) is 16.8. The molecule has 7 heteroatoms. The Morgan fingerprint density at radius 3 is 2.31 bits per heavy atom. The summed E-state index contributed by atoms with van der Waals surface area (Å²) in [5.41, 5.74) is 1.21. The molecule has 1 N–H and O–H groups in total. The van der Waals surface area contributed by atoms with Gasteiger partial charge in [-0.2, -0.15) is 13.2 Å². The molecule has 0 radical (unpaired) electrons. The van der Waals surface area contributed by atoms with Crippen LogP contribution < -0.4 is 5.32 Å². The number of terminal acetylenes is 1. The number of aliphatic imine (C=N–C) groups is 1. The van der Waals surface area contributed by atoms with E-state index in [-0.39, 0.29) is 6.61 Å². The Labute approximate surface area is 170 Å². The van der Waals surface area contributed by atoms with Crippen molar-refractivity contribution in [2.24, 2.45) is 4.99 Å². The fraction of sp³-hybridized carbons (Fsp3) is 0.318. The van der Waals surface area contributed by atoms with Crippen LogP contribution in [0.4, 0.5) is 13.2 Å². The number of rotatable bonds is 3. The first kappa shape index (κ1) is 24.1. The molecule has 4 nitrogen and oxygen atoms in total. The quantitative estimate of drug-likeness (QED) is 0.772. The van der Waals surface area contributed by atoms with Gasteiger partial charge in [0.05, 0.1) is 18.2 Å². The third kappa shape index (κ3) is 7.51. The van der Waals surface area contributed by atoms with Gasteiger partial charge in [-0.05, 0) is 23.3 Å². The summed E-state index contributed by atoms with van der Waals surface area (Å²) in [6.07, 6.45) is 3.73. The van der Waals surface area contributed by atoms with E-state index >= 15 is 0 Å². The first-order valence-electron chi connectivity index (χ1n) is 8.83. The molecule has 0 aromatic heterocycles. The maximum atomic E-state index is 12.2. The normalized spacial score (nSPS) is 16.9. The minimum Gasteiger partial charge on any atom is -0.380 e. The van der Waals surface area contributed by atoms with Crippen LogP contribution in [0.15, 0.2) is 59.6 Å². The number of methoxy groups -OCH3 is 1. The molecule has 1 fully saturated rings. The van der Waals surface area contributed by atoms with Gasteiger partial charge in [0.15, 0.2) is 5.96 Å². The molecule has 2 aromatic carbocycles. The van der Waals surface area contributed by atoms with Crippen molar-refractivity contribution in [2.45, 2.75) is 18.8 Å². The fourth-order valence-electron chi connectivity index (χ4n) is 2.79. The molecular formula is C22H26F3N3O. The van der Waals surface area contributed by atoms with Crippen LogP contribution in [0.3, 0.4) is 0 Å². The van der Waals surface area contributed by atoms with Crippen molar-refractivity contribution in [3.05, 3.63) is 71.3 Å². The molecule has 0 aliphatic carbocycles. The summed E-state index contributed by atoms with van der Waals surface area (Å²) in [5, 5.41) is 3.38. The van der Waals surface area contributed by atoms with E-state index in [1.165, 1.54) is 18.7 Å². The molecule has 0 amide bonds. The molecule has 29 heavy (non-hydrogen) atoms. The zero-order chi connectivity index (χ0) is 21.9. The Morgan fingerprint density at radius 1 is 1.14 bits per heavy atom. The largest absolute Gasteiger partial charge is 0.416 e. The van der Waals surface area contributed by atoms with Crippen molar-refractivity contribution < 1.29 is 17.9 Å². The van der Waals surface area contributed by atoms with Crippen molar-refractivity contribution in [2.75, 3.05) is 27.7 Å². The number of guanidine groups is 1.